The Hall–Kier alpha value is -2.32. The molecule has 7 nitrogen and oxygen atoms in total. The van der Waals surface area contributed by atoms with Gasteiger partial charge in [0.05, 0.1) is 29.4 Å². The van der Waals surface area contributed by atoms with E-state index in [0.29, 0.717) is 22.8 Å². The van der Waals surface area contributed by atoms with Gasteiger partial charge in [-0.1, -0.05) is 11.6 Å². The van der Waals surface area contributed by atoms with E-state index in [1.54, 1.807) is 25.7 Å². The number of halogens is 1. The van der Waals surface area contributed by atoms with Crippen molar-refractivity contribution in [1.29, 1.82) is 0 Å². The van der Waals surface area contributed by atoms with E-state index in [0.717, 1.165) is 74.8 Å². The van der Waals surface area contributed by atoms with E-state index in [4.69, 9.17) is 16.3 Å². The number of likely N-dealkylation sites (tertiary alicyclic amines) is 1. The standard InChI is InChI=1S/C27H35ClN4O3/c1-35-21-5-6-24-22(16-21)26(23(28)18-31-24)25(34)7-8-27(19-33)9-14-32(15-10-27)13-3-2-4-20-17-29-11-12-30-20/h5-6,11-12,16-18,25,33-34H,2-4,7-10,13-15,19H2,1H3. The summed E-state index contributed by atoms with van der Waals surface area (Å²) in [7, 11) is 1.62. The molecule has 0 saturated carbocycles. The summed E-state index contributed by atoms with van der Waals surface area (Å²) < 4.78 is 5.36. The quantitative estimate of drug-likeness (QED) is 0.373. The number of piperidine rings is 1. The number of aliphatic hydroxyl groups excluding tert-OH is 2. The molecule has 1 aliphatic heterocycles. The van der Waals surface area contributed by atoms with Gasteiger partial charge in [0.2, 0.25) is 0 Å². The van der Waals surface area contributed by atoms with Gasteiger partial charge in [-0.05, 0) is 88.2 Å². The smallest absolute Gasteiger partial charge is 0.119 e. The fraction of sp³-hybridized carbons (Fsp3) is 0.519. The lowest BCUT2D eigenvalue weighted by atomic mass is 9.74. The lowest BCUT2D eigenvalue weighted by Crippen LogP contribution is -2.42. The summed E-state index contributed by atoms with van der Waals surface area (Å²) in [6.07, 6.45) is 12.5. The van der Waals surface area contributed by atoms with Crippen molar-refractivity contribution < 1.29 is 14.9 Å². The maximum atomic E-state index is 11.1. The minimum absolute atomic E-state index is 0.138. The van der Waals surface area contributed by atoms with Crippen LogP contribution in [-0.2, 0) is 6.42 Å². The van der Waals surface area contributed by atoms with Crippen LogP contribution in [0, 0.1) is 5.41 Å². The average molecular weight is 499 g/mol. The molecule has 8 heteroatoms. The number of nitrogens with zero attached hydrogens (tertiary/aromatic N) is 4. The molecule has 0 bridgehead atoms. The molecule has 35 heavy (non-hydrogen) atoms. The minimum Gasteiger partial charge on any atom is -0.497 e. The summed E-state index contributed by atoms with van der Waals surface area (Å²) in [6.45, 7) is 3.14. The largest absolute Gasteiger partial charge is 0.497 e. The van der Waals surface area contributed by atoms with E-state index in [-0.39, 0.29) is 12.0 Å². The van der Waals surface area contributed by atoms with E-state index in [2.05, 4.69) is 19.9 Å². The minimum atomic E-state index is -0.734. The van der Waals surface area contributed by atoms with Crippen molar-refractivity contribution in [3.05, 3.63) is 59.3 Å². The van der Waals surface area contributed by atoms with Crippen LogP contribution in [0.4, 0.5) is 0 Å². The second-order valence-corrected chi connectivity index (χ2v) is 10.0. The Morgan fingerprint density at radius 2 is 1.97 bits per heavy atom. The second kappa shape index (κ2) is 12.1. The highest BCUT2D eigenvalue weighted by atomic mass is 35.5. The molecule has 1 fully saturated rings. The summed E-state index contributed by atoms with van der Waals surface area (Å²) in [4.78, 5) is 15.3. The third kappa shape index (κ3) is 6.47. The first kappa shape index (κ1) is 25.8. The van der Waals surface area contributed by atoms with Gasteiger partial charge in [-0.25, -0.2) is 0 Å². The fourth-order valence-electron chi connectivity index (χ4n) is 5.06. The van der Waals surface area contributed by atoms with Crippen LogP contribution in [-0.4, -0.2) is 63.4 Å². The van der Waals surface area contributed by atoms with E-state index >= 15 is 0 Å². The topological polar surface area (TPSA) is 91.6 Å². The number of pyridine rings is 1. The van der Waals surface area contributed by atoms with Gasteiger partial charge in [0.15, 0.2) is 0 Å². The monoisotopic (exact) mass is 498 g/mol. The summed E-state index contributed by atoms with van der Waals surface area (Å²) >= 11 is 6.48. The first-order valence-electron chi connectivity index (χ1n) is 12.4. The molecule has 3 aromatic rings. The molecule has 1 aliphatic rings. The number of methoxy groups -OCH3 is 1. The van der Waals surface area contributed by atoms with Crippen molar-refractivity contribution >= 4 is 22.5 Å². The Kier molecular flexibility index (Phi) is 8.89. The summed E-state index contributed by atoms with van der Waals surface area (Å²) in [6, 6.07) is 5.60. The molecular weight excluding hydrogens is 464 g/mol. The van der Waals surface area contributed by atoms with Crippen molar-refractivity contribution in [2.75, 3.05) is 33.4 Å². The van der Waals surface area contributed by atoms with Gasteiger partial charge in [-0.2, -0.15) is 0 Å². The molecule has 0 spiro atoms. The maximum absolute atomic E-state index is 11.1. The van der Waals surface area contributed by atoms with Crippen LogP contribution in [0.1, 0.15) is 55.9 Å². The van der Waals surface area contributed by atoms with Crippen molar-refractivity contribution in [3.63, 3.8) is 0 Å². The zero-order chi connectivity index (χ0) is 24.7. The summed E-state index contributed by atoms with van der Waals surface area (Å²) in [5, 5.41) is 22.7. The molecule has 2 N–H and O–H groups in total. The molecule has 188 valence electrons. The van der Waals surface area contributed by atoms with E-state index in [1.165, 1.54) is 0 Å². The third-order valence-electron chi connectivity index (χ3n) is 7.38. The first-order valence-corrected chi connectivity index (χ1v) is 12.8. The molecule has 4 rings (SSSR count). The van der Waals surface area contributed by atoms with Gasteiger partial charge < -0.3 is 19.8 Å². The Bertz CT molecular complexity index is 1090. The van der Waals surface area contributed by atoms with Gasteiger partial charge in [0, 0.05) is 42.3 Å². The zero-order valence-corrected chi connectivity index (χ0v) is 21.1. The van der Waals surface area contributed by atoms with Crippen LogP contribution in [0.2, 0.25) is 5.02 Å². The highest BCUT2D eigenvalue weighted by molar-refractivity contribution is 6.32. The Labute approximate surface area is 212 Å². The van der Waals surface area contributed by atoms with Crippen LogP contribution >= 0.6 is 11.6 Å². The van der Waals surface area contributed by atoms with Crippen molar-refractivity contribution in [3.8, 4) is 5.75 Å². The van der Waals surface area contributed by atoms with Crippen LogP contribution in [0.25, 0.3) is 10.9 Å². The van der Waals surface area contributed by atoms with E-state index in [1.807, 2.05) is 24.4 Å². The van der Waals surface area contributed by atoms with E-state index in [9.17, 15) is 10.2 Å². The number of unbranched alkanes of at least 4 members (excludes halogenated alkanes) is 1. The lowest BCUT2D eigenvalue weighted by Gasteiger charge is -2.41. The normalized spacial score (nSPS) is 16.9. The maximum Gasteiger partial charge on any atom is 0.119 e. The SMILES string of the molecule is COc1ccc2ncc(Cl)c(C(O)CCC3(CO)CCN(CCCCc4cnccn4)CC3)c2c1. The number of ether oxygens (including phenoxy) is 1. The molecule has 1 atom stereocenters. The molecule has 0 aliphatic carbocycles. The predicted octanol–water partition coefficient (Wildman–Crippen LogP) is 4.60. The highest BCUT2D eigenvalue weighted by Crippen LogP contribution is 2.40. The number of hydrogen-bond donors (Lipinski definition) is 2. The van der Waals surface area contributed by atoms with Crippen molar-refractivity contribution in [2.45, 2.75) is 51.0 Å². The molecule has 1 saturated heterocycles. The molecule has 2 aromatic heterocycles. The molecule has 0 amide bonds. The van der Waals surface area contributed by atoms with Gasteiger partial charge in [0.1, 0.15) is 5.75 Å². The van der Waals surface area contributed by atoms with Crippen LogP contribution < -0.4 is 4.74 Å². The van der Waals surface area contributed by atoms with Crippen molar-refractivity contribution in [2.24, 2.45) is 5.41 Å². The second-order valence-electron chi connectivity index (χ2n) is 9.61. The summed E-state index contributed by atoms with van der Waals surface area (Å²) in [5.41, 5.74) is 2.34. The zero-order valence-electron chi connectivity index (χ0n) is 20.4. The molecule has 0 radical (unpaired) electrons. The van der Waals surface area contributed by atoms with Crippen LogP contribution in [0.3, 0.4) is 0 Å². The van der Waals surface area contributed by atoms with Crippen LogP contribution in [0.5, 0.6) is 5.75 Å². The van der Waals surface area contributed by atoms with Gasteiger partial charge in [-0.3, -0.25) is 15.0 Å². The number of benzene rings is 1. The predicted molar refractivity (Wildman–Crippen MR) is 138 cm³/mol. The Morgan fingerprint density at radius 3 is 2.69 bits per heavy atom. The lowest BCUT2D eigenvalue weighted by molar-refractivity contribution is 0.0233. The third-order valence-corrected chi connectivity index (χ3v) is 7.68. The Morgan fingerprint density at radius 1 is 1.14 bits per heavy atom. The average Bonchev–Trinajstić information content (AvgIpc) is 2.90. The number of aryl methyl sites for hydroxylation is 1. The number of rotatable bonds is 11. The Balaban J connectivity index is 1.30. The fourth-order valence-corrected chi connectivity index (χ4v) is 5.34. The number of aliphatic hydroxyl groups is 2. The molecule has 1 aromatic carbocycles. The first-order chi connectivity index (χ1) is 17.0. The summed E-state index contributed by atoms with van der Waals surface area (Å²) in [5.74, 6) is 0.700. The van der Waals surface area contributed by atoms with Gasteiger partial charge >= 0.3 is 0 Å². The van der Waals surface area contributed by atoms with Crippen LogP contribution in [0.15, 0.2) is 43.0 Å². The number of fused-ring (bicyclic) bond motifs is 1. The number of aromatic nitrogens is 3. The van der Waals surface area contributed by atoms with E-state index < -0.39 is 6.10 Å². The molecular formula is C27H35ClN4O3. The number of hydrogen-bond acceptors (Lipinski definition) is 7. The van der Waals surface area contributed by atoms with Crippen molar-refractivity contribution in [1.82, 2.24) is 19.9 Å². The highest BCUT2D eigenvalue weighted by Gasteiger charge is 2.34. The van der Waals surface area contributed by atoms with Gasteiger partial charge in [0.25, 0.3) is 0 Å². The van der Waals surface area contributed by atoms with Gasteiger partial charge in [-0.15, -0.1) is 0 Å². The molecule has 1 unspecified atom stereocenters. The molecule has 3 heterocycles.